The largest absolute Gasteiger partial charge is 0.480 e. The van der Waals surface area contributed by atoms with E-state index in [1.807, 2.05) is 54.7 Å². The van der Waals surface area contributed by atoms with Gasteiger partial charge in [-0.2, -0.15) is 0 Å². The molecule has 0 aliphatic carbocycles. The van der Waals surface area contributed by atoms with Crippen molar-refractivity contribution < 1.29 is 20.8 Å². The van der Waals surface area contributed by atoms with Gasteiger partial charge in [-0.1, -0.05) is 43.8 Å². The molecule has 1 amide bonds. The van der Waals surface area contributed by atoms with Crippen LogP contribution in [0.1, 0.15) is 20.0 Å². The highest BCUT2D eigenvalue weighted by Crippen LogP contribution is 2.20. The van der Waals surface area contributed by atoms with Gasteiger partial charge in [0.25, 0.3) is 0 Å². The Morgan fingerprint density at radius 2 is 1.41 bits per heavy atom. The van der Waals surface area contributed by atoms with Crippen LogP contribution in [0.25, 0.3) is 21.8 Å². The van der Waals surface area contributed by atoms with E-state index in [0.29, 0.717) is 6.42 Å². The highest BCUT2D eigenvalue weighted by molar-refractivity contribution is 5.89. The molecule has 0 spiro atoms. The molecule has 0 saturated heterocycles. The SMILES string of the molecule is C.F.NC(Cc1c[nH]c2ccccc12)C(=O)NC(Cc1c[nH]c2ccccc12)C(=O)O.[2HH].[B]. The summed E-state index contributed by atoms with van der Waals surface area (Å²) in [6.45, 7) is 0. The number of carbonyl (C=O) groups excluding carboxylic acids is 1. The fourth-order valence-corrected chi connectivity index (χ4v) is 3.63. The van der Waals surface area contributed by atoms with Gasteiger partial charge in [0.2, 0.25) is 5.91 Å². The molecule has 0 bridgehead atoms. The molecule has 0 aliphatic rings. The number of carboxylic acids is 1. The first-order valence-electron chi connectivity index (χ1n) is 9.41. The number of amides is 1. The third kappa shape index (κ3) is 5.36. The summed E-state index contributed by atoms with van der Waals surface area (Å²) < 4.78 is 0. The average Bonchev–Trinajstić information content (AvgIpc) is 3.32. The van der Waals surface area contributed by atoms with Crippen LogP contribution in [0.2, 0.25) is 0 Å². The van der Waals surface area contributed by atoms with Crippen LogP contribution in [0.3, 0.4) is 0 Å². The molecule has 2 aromatic heterocycles. The van der Waals surface area contributed by atoms with Gasteiger partial charge < -0.3 is 26.1 Å². The van der Waals surface area contributed by atoms with Gasteiger partial charge in [0.1, 0.15) is 6.04 Å². The van der Waals surface area contributed by atoms with Crippen molar-refractivity contribution in [3.8, 4) is 0 Å². The molecule has 2 unspecified atom stereocenters. The molecule has 6 N–H and O–H groups in total. The second-order valence-electron chi connectivity index (χ2n) is 7.13. The average molecular weight is 440 g/mol. The molecular formula is C23H29BFN4O3. The lowest BCUT2D eigenvalue weighted by molar-refractivity contribution is -0.141. The van der Waals surface area contributed by atoms with E-state index >= 15 is 0 Å². The van der Waals surface area contributed by atoms with Crippen LogP contribution >= 0.6 is 0 Å². The number of aliphatic carboxylic acids is 1. The number of hydrogen-bond acceptors (Lipinski definition) is 3. The molecule has 2 heterocycles. The number of benzene rings is 2. The normalized spacial score (nSPS) is 12.2. The van der Waals surface area contributed by atoms with E-state index in [1.54, 1.807) is 6.20 Å². The summed E-state index contributed by atoms with van der Waals surface area (Å²) in [4.78, 5) is 30.6. The van der Waals surface area contributed by atoms with Crippen LogP contribution in [0.4, 0.5) is 4.70 Å². The molecule has 9 heteroatoms. The van der Waals surface area contributed by atoms with Gasteiger partial charge in [-0.3, -0.25) is 9.50 Å². The second kappa shape index (κ2) is 11.2. The molecular weight excluding hydrogens is 410 g/mol. The Balaban J connectivity index is 0.00000256. The lowest BCUT2D eigenvalue weighted by Crippen LogP contribution is -2.50. The van der Waals surface area contributed by atoms with Gasteiger partial charge in [0, 0.05) is 50.5 Å². The van der Waals surface area contributed by atoms with Gasteiger partial charge in [-0.05, 0) is 29.7 Å². The topological polar surface area (TPSA) is 124 Å². The monoisotopic (exact) mass is 440 g/mol. The summed E-state index contributed by atoms with van der Waals surface area (Å²) >= 11 is 0. The second-order valence-corrected chi connectivity index (χ2v) is 7.13. The van der Waals surface area contributed by atoms with Gasteiger partial charge >= 0.3 is 5.97 Å². The fourth-order valence-electron chi connectivity index (χ4n) is 3.63. The van der Waals surface area contributed by atoms with Crippen LogP contribution in [-0.2, 0) is 22.4 Å². The number of para-hydroxylation sites is 2. The number of aromatic amines is 2. The summed E-state index contributed by atoms with van der Waals surface area (Å²) in [6.07, 6.45) is 4.09. The molecule has 4 rings (SSSR count). The number of hydrogen-bond donors (Lipinski definition) is 5. The third-order valence-electron chi connectivity index (χ3n) is 5.17. The maximum atomic E-state index is 12.6. The molecule has 4 aromatic rings. The standard InChI is InChI=1S/C22H22N4O3.CH4.B.FH.H2/c23-17(9-13-11-24-18-7-3-1-5-15(13)18)21(27)26-20(22(28)29)10-14-12-25-19-8-4-2-6-16(14)19;;;;/h1-8,11-12,17,20,24-25H,9-10,23H2,(H,26,27)(H,28,29);1H4;;2*1H/i;;;;1+1. The quantitative estimate of drug-likeness (QED) is 0.284. The van der Waals surface area contributed by atoms with Crippen molar-refractivity contribution in [2.45, 2.75) is 32.4 Å². The van der Waals surface area contributed by atoms with E-state index < -0.39 is 24.0 Å². The van der Waals surface area contributed by atoms with Crippen LogP contribution in [0, 0.1) is 0 Å². The zero-order valence-corrected chi connectivity index (χ0v) is 16.7. The molecule has 0 saturated carbocycles. The lowest BCUT2D eigenvalue weighted by atomic mass is 10.0. The Morgan fingerprint density at radius 1 is 0.938 bits per heavy atom. The minimum Gasteiger partial charge on any atom is -0.480 e. The Hall–Kier alpha value is -3.59. The number of nitrogens with two attached hydrogens (primary N) is 1. The predicted octanol–water partition coefficient (Wildman–Crippen LogP) is 2.98. The van der Waals surface area contributed by atoms with E-state index in [-0.39, 0.29) is 28.4 Å². The number of nitrogens with one attached hydrogen (secondary N) is 3. The number of aromatic nitrogens is 2. The van der Waals surface area contributed by atoms with Crippen molar-refractivity contribution in [1.29, 1.82) is 0 Å². The first-order chi connectivity index (χ1) is 14.0. The molecule has 7 nitrogen and oxygen atoms in total. The molecule has 169 valence electrons. The molecule has 2 atom stereocenters. The van der Waals surface area contributed by atoms with Crippen molar-refractivity contribution in [3.05, 3.63) is 72.1 Å². The summed E-state index contributed by atoms with van der Waals surface area (Å²) in [7, 11) is 0. The molecule has 2 aromatic carbocycles. The van der Waals surface area contributed by atoms with E-state index in [9.17, 15) is 14.7 Å². The number of rotatable bonds is 7. The number of fused-ring (bicyclic) bond motifs is 2. The number of carbonyl (C=O) groups is 2. The van der Waals surface area contributed by atoms with Gasteiger partial charge in [0.15, 0.2) is 0 Å². The smallest absolute Gasteiger partial charge is 0.326 e. The Bertz CT molecular complexity index is 1200. The minimum atomic E-state index is -1.09. The Morgan fingerprint density at radius 3 is 1.91 bits per heavy atom. The van der Waals surface area contributed by atoms with Crippen LogP contribution in [0.5, 0.6) is 0 Å². The first-order valence-corrected chi connectivity index (χ1v) is 9.41. The zero-order chi connectivity index (χ0) is 20.4. The molecule has 32 heavy (non-hydrogen) atoms. The molecule has 0 aliphatic heterocycles. The maximum Gasteiger partial charge on any atom is 0.326 e. The van der Waals surface area contributed by atoms with Gasteiger partial charge in [-0.15, -0.1) is 0 Å². The summed E-state index contributed by atoms with van der Waals surface area (Å²) in [5, 5.41) is 14.1. The number of carboxylic acid groups (broad SMARTS) is 1. The lowest BCUT2D eigenvalue weighted by Gasteiger charge is -2.17. The van der Waals surface area contributed by atoms with Crippen LogP contribution < -0.4 is 11.1 Å². The van der Waals surface area contributed by atoms with E-state index in [2.05, 4.69) is 15.3 Å². The first kappa shape index (κ1) is 26.5. The minimum absolute atomic E-state index is 0. The fraction of sp³-hybridized carbons (Fsp3) is 0.217. The summed E-state index contributed by atoms with van der Waals surface area (Å²) in [6, 6.07) is 13.5. The maximum absolute atomic E-state index is 12.6. The van der Waals surface area contributed by atoms with Crippen molar-refractivity contribution in [3.63, 3.8) is 0 Å². The Labute approximate surface area is 188 Å². The Kier molecular flexibility index (Phi) is 9.22. The zero-order valence-electron chi connectivity index (χ0n) is 16.7. The van der Waals surface area contributed by atoms with Crippen molar-refractivity contribution in [1.82, 2.24) is 15.3 Å². The number of halogens is 1. The summed E-state index contributed by atoms with van der Waals surface area (Å²) in [5.74, 6) is -1.58. The van der Waals surface area contributed by atoms with E-state index in [0.717, 1.165) is 32.9 Å². The van der Waals surface area contributed by atoms with E-state index in [1.165, 1.54) is 0 Å². The molecule has 3 radical (unpaired) electrons. The van der Waals surface area contributed by atoms with Gasteiger partial charge in [0.05, 0.1) is 6.04 Å². The third-order valence-corrected chi connectivity index (χ3v) is 5.17. The van der Waals surface area contributed by atoms with Crippen molar-refractivity contribution in [2.75, 3.05) is 0 Å². The highest BCUT2D eigenvalue weighted by atomic mass is 19.0. The van der Waals surface area contributed by atoms with Crippen molar-refractivity contribution in [2.24, 2.45) is 5.73 Å². The van der Waals surface area contributed by atoms with Gasteiger partial charge in [-0.25, -0.2) is 4.79 Å². The molecule has 0 fully saturated rings. The van der Waals surface area contributed by atoms with E-state index in [4.69, 9.17) is 5.73 Å². The van der Waals surface area contributed by atoms with Crippen LogP contribution in [-0.4, -0.2) is 47.4 Å². The predicted molar refractivity (Wildman–Crippen MR) is 129 cm³/mol. The number of H-pyrrole nitrogens is 2. The van der Waals surface area contributed by atoms with Crippen molar-refractivity contribution >= 4 is 42.1 Å². The highest BCUT2D eigenvalue weighted by Gasteiger charge is 2.25. The van der Waals surface area contributed by atoms with Crippen LogP contribution in [0.15, 0.2) is 60.9 Å². The summed E-state index contributed by atoms with van der Waals surface area (Å²) in [5.41, 5.74) is 9.74.